The van der Waals surface area contributed by atoms with Crippen molar-refractivity contribution in [3.8, 4) is 11.1 Å². The molecule has 4 nitrogen and oxygen atoms in total. The van der Waals surface area contributed by atoms with E-state index in [0.29, 0.717) is 6.42 Å². The van der Waals surface area contributed by atoms with Gasteiger partial charge in [-0.1, -0.05) is 6.07 Å². The van der Waals surface area contributed by atoms with Crippen molar-refractivity contribution in [3.63, 3.8) is 0 Å². The van der Waals surface area contributed by atoms with E-state index in [4.69, 9.17) is 0 Å². The van der Waals surface area contributed by atoms with Crippen molar-refractivity contribution < 1.29 is 4.79 Å². The fraction of sp³-hybridized carbons (Fsp3) is 0.294. The third-order valence-electron chi connectivity index (χ3n) is 4.47. The molecule has 2 aliphatic rings. The SMILES string of the molecule is CNc1c(-c2cccnc2)cc2c3c1CCC(=O)N3CC2. The minimum absolute atomic E-state index is 0.262. The molecule has 1 amide bonds. The topological polar surface area (TPSA) is 45.2 Å². The minimum Gasteiger partial charge on any atom is -0.387 e. The maximum Gasteiger partial charge on any atom is 0.227 e. The predicted octanol–water partition coefficient (Wildman–Crippen LogP) is 2.63. The number of hydrogen-bond donors (Lipinski definition) is 1. The Morgan fingerprint density at radius 2 is 2.19 bits per heavy atom. The Kier molecular flexibility index (Phi) is 2.70. The van der Waals surface area contributed by atoms with E-state index in [0.717, 1.165) is 36.3 Å². The highest BCUT2D eigenvalue weighted by atomic mass is 16.2. The molecule has 106 valence electrons. The Morgan fingerprint density at radius 3 is 2.95 bits per heavy atom. The highest BCUT2D eigenvalue weighted by Gasteiger charge is 2.33. The van der Waals surface area contributed by atoms with Crippen LogP contribution in [0, 0.1) is 0 Å². The van der Waals surface area contributed by atoms with Crippen molar-refractivity contribution in [2.75, 3.05) is 23.8 Å². The molecule has 4 rings (SSSR count). The number of anilines is 2. The number of amides is 1. The standard InChI is InChI=1S/C17H17N3O/c1-18-16-13-4-5-15(21)20-8-6-11(17(13)20)9-14(16)12-3-2-7-19-10-12/h2-3,7,9-10,18H,4-6,8H2,1H3. The summed E-state index contributed by atoms with van der Waals surface area (Å²) in [5.74, 6) is 0.262. The molecular formula is C17H17N3O. The van der Waals surface area contributed by atoms with E-state index in [1.807, 2.05) is 24.2 Å². The predicted molar refractivity (Wildman–Crippen MR) is 83.6 cm³/mol. The van der Waals surface area contributed by atoms with Gasteiger partial charge in [0, 0.05) is 54.8 Å². The molecule has 0 aliphatic carbocycles. The Labute approximate surface area is 123 Å². The monoisotopic (exact) mass is 279 g/mol. The van der Waals surface area contributed by atoms with Crippen molar-refractivity contribution in [1.82, 2.24) is 4.98 Å². The lowest BCUT2D eigenvalue weighted by Crippen LogP contribution is -2.33. The first-order chi connectivity index (χ1) is 10.3. The molecule has 21 heavy (non-hydrogen) atoms. The summed E-state index contributed by atoms with van der Waals surface area (Å²) in [5, 5.41) is 3.35. The first-order valence-electron chi connectivity index (χ1n) is 7.37. The van der Waals surface area contributed by atoms with Gasteiger partial charge in [0.05, 0.1) is 5.69 Å². The van der Waals surface area contributed by atoms with Crippen LogP contribution in [-0.4, -0.2) is 24.5 Å². The average Bonchev–Trinajstić information content (AvgIpc) is 2.96. The quantitative estimate of drug-likeness (QED) is 0.919. The van der Waals surface area contributed by atoms with Gasteiger partial charge in [-0.3, -0.25) is 9.78 Å². The first-order valence-corrected chi connectivity index (χ1v) is 7.37. The van der Waals surface area contributed by atoms with Crippen LogP contribution in [0.1, 0.15) is 17.5 Å². The van der Waals surface area contributed by atoms with E-state index in [1.165, 1.54) is 16.7 Å². The van der Waals surface area contributed by atoms with Crippen LogP contribution in [0.5, 0.6) is 0 Å². The van der Waals surface area contributed by atoms with Crippen LogP contribution < -0.4 is 10.2 Å². The lowest BCUT2D eigenvalue weighted by atomic mass is 9.91. The van der Waals surface area contributed by atoms with Gasteiger partial charge in [-0.05, 0) is 30.5 Å². The van der Waals surface area contributed by atoms with Gasteiger partial charge in [0.25, 0.3) is 0 Å². The molecule has 0 radical (unpaired) electrons. The molecule has 0 spiro atoms. The van der Waals surface area contributed by atoms with E-state index in [9.17, 15) is 4.79 Å². The normalized spacial score (nSPS) is 16.0. The number of nitrogens with zero attached hydrogens (tertiary/aromatic N) is 2. The fourth-order valence-electron chi connectivity index (χ4n) is 3.56. The summed E-state index contributed by atoms with van der Waals surface area (Å²) in [5.41, 5.74) is 7.18. The summed E-state index contributed by atoms with van der Waals surface area (Å²) in [6, 6.07) is 6.27. The molecule has 0 saturated carbocycles. The smallest absolute Gasteiger partial charge is 0.227 e. The van der Waals surface area contributed by atoms with Crippen LogP contribution in [0.4, 0.5) is 11.4 Å². The number of carbonyl (C=O) groups excluding carboxylic acids is 1. The van der Waals surface area contributed by atoms with Crippen LogP contribution in [0.25, 0.3) is 11.1 Å². The summed E-state index contributed by atoms with van der Waals surface area (Å²) < 4.78 is 0. The van der Waals surface area contributed by atoms with E-state index in [-0.39, 0.29) is 5.91 Å². The molecule has 0 unspecified atom stereocenters. The van der Waals surface area contributed by atoms with E-state index < -0.39 is 0 Å². The van der Waals surface area contributed by atoms with Crippen molar-refractivity contribution in [2.45, 2.75) is 19.3 Å². The second-order valence-electron chi connectivity index (χ2n) is 5.57. The number of pyridine rings is 1. The maximum atomic E-state index is 12.1. The zero-order valence-electron chi connectivity index (χ0n) is 12.0. The number of carbonyl (C=O) groups is 1. The average molecular weight is 279 g/mol. The molecule has 1 aromatic carbocycles. The number of hydrogen-bond acceptors (Lipinski definition) is 3. The second-order valence-corrected chi connectivity index (χ2v) is 5.57. The molecular weight excluding hydrogens is 262 g/mol. The van der Waals surface area contributed by atoms with Crippen LogP contribution >= 0.6 is 0 Å². The third kappa shape index (κ3) is 1.75. The van der Waals surface area contributed by atoms with E-state index >= 15 is 0 Å². The Morgan fingerprint density at radius 1 is 1.29 bits per heavy atom. The van der Waals surface area contributed by atoms with Gasteiger partial charge in [0.15, 0.2) is 0 Å². The Balaban J connectivity index is 1.98. The molecule has 3 heterocycles. The number of nitrogens with one attached hydrogen (secondary N) is 1. The molecule has 0 atom stereocenters. The van der Waals surface area contributed by atoms with Gasteiger partial charge in [0.2, 0.25) is 5.91 Å². The second kappa shape index (κ2) is 4.58. The highest BCUT2D eigenvalue weighted by molar-refractivity contribution is 6.02. The Hall–Kier alpha value is -2.36. The molecule has 0 saturated heterocycles. The number of rotatable bonds is 2. The van der Waals surface area contributed by atoms with Crippen LogP contribution in [0.2, 0.25) is 0 Å². The number of benzene rings is 1. The molecule has 4 heteroatoms. The van der Waals surface area contributed by atoms with Gasteiger partial charge in [-0.25, -0.2) is 0 Å². The highest BCUT2D eigenvalue weighted by Crippen LogP contribution is 2.45. The van der Waals surface area contributed by atoms with Gasteiger partial charge < -0.3 is 10.2 Å². The Bertz CT molecular complexity index is 725. The summed E-state index contributed by atoms with van der Waals surface area (Å²) in [6.07, 6.45) is 6.07. The fourth-order valence-corrected chi connectivity index (χ4v) is 3.56. The summed E-state index contributed by atoms with van der Waals surface area (Å²) in [6.45, 7) is 0.820. The third-order valence-corrected chi connectivity index (χ3v) is 4.47. The van der Waals surface area contributed by atoms with Crippen molar-refractivity contribution in [3.05, 3.63) is 41.7 Å². The largest absolute Gasteiger partial charge is 0.387 e. The lowest BCUT2D eigenvalue weighted by Gasteiger charge is -2.28. The van der Waals surface area contributed by atoms with Gasteiger partial charge in [-0.15, -0.1) is 0 Å². The molecule has 2 aromatic rings. The van der Waals surface area contributed by atoms with E-state index in [2.05, 4.69) is 22.4 Å². The van der Waals surface area contributed by atoms with Crippen LogP contribution in [-0.2, 0) is 17.6 Å². The van der Waals surface area contributed by atoms with Crippen LogP contribution in [0.15, 0.2) is 30.6 Å². The molecule has 0 fully saturated rings. The molecule has 1 aromatic heterocycles. The molecule has 0 bridgehead atoms. The summed E-state index contributed by atoms with van der Waals surface area (Å²) >= 11 is 0. The van der Waals surface area contributed by atoms with Gasteiger partial charge in [0.1, 0.15) is 0 Å². The van der Waals surface area contributed by atoms with Crippen molar-refractivity contribution in [1.29, 1.82) is 0 Å². The van der Waals surface area contributed by atoms with Crippen molar-refractivity contribution in [2.24, 2.45) is 0 Å². The van der Waals surface area contributed by atoms with Gasteiger partial charge >= 0.3 is 0 Å². The zero-order chi connectivity index (χ0) is 14.4. The van der Waals surface area contributed by atoms with E-state index in [1.54, 1.807) is 6.20 Å². The molecule has 1 N–H and O–H groups in total. The lowest BCUT2D eigenvalue weighted by molar-refractivity contribution is -0.118. The summed E-state index contributed by atoms with van der Waals surface area (Å²) in [7, 11) is 1.95. The minimum atomic E-state index is 0.262. The first kappa shape index (κ1) is 12.4. The summed E-state index contributed by atoms with van der Waals surface area (Å²) in [4.78, 5) is 18.3. The maximum absolute atomic E-state index is 12.1. The molecule has 2 aliphatic heterocycles. The van der Waals surface area contributed by atoms with Gasteiger partial charge in [-0.2, -0.15) is 0 Å². The zero-order valence-corrected chi connectivity index (χ0v) is 12.0. The number of aromatic nitrogens is 1. The van der Waals surface area contributed by atoms with Crippen molar-refractivity contribution >= 4 is 17.3 Å². The van der Waals surface area contributed by atoms with Crippen LogP contribution in [0.3, 0.4) is 0 Å².